The van der Waals surface area contributed by atoms with E-state index in [1.807, 2.05) is 43.3 Å². The quantitative estimate of drug-likeness (QED) is 0.623. The van der Waals surface area contributed by atoms with Crippen molar-refractivity contribution in [2.45, 2.75) is 33.1 Å². The van der Waals surface area contributed by atoms with E-state index in [1.165, 1.54) is 5.56 Å². The summed E-state index contributed by atoms with van der Waals surface area (Å²) in [5.41, 5.74) is 10.0. The summed E-state index contributed by atoms with van der Waals surface area (Å²) >= 11 is 3.39. The average Bonchev–Trinajstić information content (AvgIpc) is 2.41. The summed E-state index contributed by atoms with van der Waals surface area (Å²) in [6.45, 7) is 8.34. The van der Waals surface area contributed by atoms with Gasteiger partial charge in [0.1, 0.15) is 0 Å². The number of ketones is 1. The fraction of sp³-hybridized carbons (Fsp3) is 0.278. The highest BCUT2D eigenvalue weighted by Gasteiger charge is 2.17. The second-order valence-corrected chi connectivity index (χ2v) is 7.24. The molecule has 110 valence electrons. The molecule has 0 aliphatic rings. The van der Waals surface area contributed by atoms with E-state index >= 15 is 0 Å². The molecule has 2 aromatic carbocycles. The maximum absolute atomic E-state index is 12.7. The zero-order chi connectivity index (χ0) is 15.8. The molecule has 21 heavy (non-hydrogen) atoms. The molecule has 0 amide bonds. The van der Waals surface area contributed by atoms with Gasteiger partial charge in [-0.2, -0.15) is 0 Å². The Morgan fingerprint density at radius 3 is 2.19 bits per heavy atom. The van der Waals surface area contributed by atoms with Crippen LogP contribution < -0.4 is 5.73 Å². The van der Waals surface area contributed by atoms with Crippen molar-refractivity contribution in [1.29, 1.82) is 0 Å². The summed E-state index contributed by atoms with van der Waals surface area (Å²) in [6, 6.07) is 11.5. The highest BCUT2D eigenvalue weighted by atomic mass is 79.9. The molecule has 0 aliphatic carbocycles. The number of carbonyl (C=O) groups excluding carboxylic acids is 1. The Morgan fingerprint density at radius 2 is 1.67 bits per heavy atom. The smallest absolute Gasteiger partial charge is 0.193 e. The molecule has 0 unspecified atom stereocenters. The van der Waals surface area contributed by atoms with Gasteiger partial charge in [-0.25, -0.2) is 0 Å². The molecule has 0 radical (unpaired) electrons. The predicted octanol–water partition coefficient (Wildman–Crippen LogP) is 4.87. The van der Waals surface area contributed by atoms with E-state index in [0.717, 1.165) is 10.0 Å². The molecule has 0 aromatic heterocycles. The Labute approximate surface area is 134 Å². The lowest BCUT2D eigenvalue weighted by atomic mass is 9.86. The SMILES string of the molecule is Cc1c(N)cc(Br)cc1C(=O)c1ccc(C(C)(C)C)cc1. The third-order valence-electron chi connectivity index (χ3n) is 3.67. The number of halogens is 1. The Morgan fingerprint density at radius 1 is 1.10 bits per heavy atom. The van der Waals surface area contributed by atoms with Crippen LogP contribution in [0.25, 0.3) is 0 Å². The number of nitrogens with two attached hydrogens (primary N) is 1. The number of rotatable bonds is 2. The van der Waals surface area contributed by atoms with Crippen LogP contribution in [0.2, 0.25) is 0 Å². The van der Waals surface area contributed by atoms with Gasteiger partial charge < -0.3 is 5.73 Å². The van der Waals surface area contributed by atoms with Gasteiger partial charge in [0.2, 0.25) is 0 Å². The summed E-state index contributed by atoms with van der Waals surface area (Å²) in [6.07, 6.45) is 0. The minimum atomic E-state index is 0.000888. The van der Waals surface area contributed by atoms with Crippen LogP contribution in [0.3, 0.4) is 0 Å². The second kappa shape index (κ2) is 5.64. The Hall–Kier alpha value is -1.61. The number of nitrogen functional groups attached to an aromatic ring is 1. The molecule has 0 aliphatic heterocycles. The molecule has 0 atom stereocenters. The molecule has 2 rings (SSSR count). The first-order valence-electron chi connectivity index (χ1n) is 6.91. The fourth-order valence-corrected chi connectivity index (χ4v) is 2.69. The van der Waals surface area contributed by atoms with Gasteiger partial charge in [0.15, 0.2) is 5.78 Å². The predicted molar refractivity (Wildman–Crippen MR) is 91.9 cm³/mol. The first kappa shape index (κ1) is 15.8. The van der Waals surface area contributed by atoms with Crippen LogP contribution >= 0.6 is 15.9 Å². The third kappa shape index (κ3) is 3.35. The molecule has 2 nitrogen and oxygen atoms in total. The number of anilines is 1. The number of hydrogen-bond donors (Lipinski definition) is 1. The molecule has 0 fully saturated rings. The van der Waals surface area contributed by atoms with E-state index in [9.17, 15) is 4.79 Å². The lowest BCUT2D eigenvalue weighted by Crippen LogP contribution is -2.12. The normalized spacial score (nSPS) is 11.5. The summed E-state index contributed by atoms with van der Waals surface area (Å²) < 4.78 is 0.820. The molecule has 0 heterocycles. The highest BCUT2D eigenvalue weighted by molar-refractivity contribution is 9.10. The zero-order valence-electron chi connectivity index (χ0n) is 12.8. The Balaban J connectivity index is 2.41. The minimum absolute atomic E-state index is 0.000888. The van der Waals surface area contributed by atoms with Crippen LogP contribution in [0.15, 0.2) is 40.9 Å². The number of benzene rings is 2. The van der Waals surface area contributed by atoms with Crippen LogP contribution in [-0.2, 0) is 5.41 Å². The van der Waals surface area contributed by atoms with Crippen molar-refractivity contribution in [3.05, 3.63) is 63.1 Å². The maximum Gasteiger partial charge on any atom is 0.193 e. The molecule has 0 spiro atoms. The van der Waals surface area contributed by atoms with Gasteiger partial charge in [-0.15, -0.1) is 0 Å². The van der Waals surface area contributed by atoms with Gasteiger partial charge in [-0.05, 0) is 35.6 Å². The molecule has 0 saturated heterocycles. The minimum Gasteiger partial charge on any atom is -0.398 e. The average molecular weight is 346 g/mol. The summed E-state index contributed by atoms with van der Waals surface area (Å²) in [7, 11) is 0. The van der Waals surface area contributed by atoms with Crippen molar-refractivity contribution < 1.29 is 4.79 Å². The van der Waals surface area contributed by atoms with E-state index in [1.54, 1.807) is 0 Å². The second-order valence-electron chi connectivity index (χ2n) is 6.32. The summed E-state index contributed by atoms with van der Waals surface area (Å²) in [4.78, 5) is 12.7. The standard InChI is InChI=1S/C18H20BrNO/c1-11-15(9-14(19)10-16(11)20)17(21)12-5-7-13(8-6-12)18(2,3)4/h5-10H,20H2,1-4H3. The Kier molecular flexibility index (Phi) is 4.24. The first-order valence-corrected chi connectivity index (χ1v) is 7.70. The molecular formula is C18H20BrNO. The molecular weight excluding hydrogens is 326 g/mol. The van der Waals surface area contributed by atoms with Gasteiger partial charge in [0.25, 0.3) is 0 Å². The monoisotopic (exact) mass is 345 g/mol. The van der Waals surface area contributed by atoms with Crippen LogP contribution in [0.5, 0.6) is 0 Å². The van der Waals surface area contributed by atoms with E-state index in [4.69, 9.17) is 5.73 Å². The highest BCUT2D eigenvalue weighted by Crippen LogP contribution is 2.26. The van der Waals surface area contributed by atoms with Gasteiger partial charge in [0.05, 0.1) is 0 Å². The van der Waals surface area contributed by atoms with Crippen molar-refractivity contribution in [2.75, 3.05) is 5.73 Å². The van der Waals surface area contributed by atoms with Crippen molar-refractivity contribution in [1.82, 2.24) is 0 Å². The fourth-order valence-electron chi connectivity index (χ4n) is 2.21. The van der Waals surface area contributed by atoms with Crippen LogP contribution in [0, 0.1) is 6.92 Å². The molecule has 0 bridgehead atoms. The van der Waals surface area contributed by atoms with E-state index in [2.05, 4.69) is 36.7 Å². The van der Waals surface area contributed by atoms with E-state index in [-0.39, 0.29) is 11.2 Å². The maximum atomic E-state index is 12.7. The molecule has 0 saturated carbocycles. The van der Waals surface area contributed by atoms with Crippen LogP contribution in [-0.4, -0.2) is 5.78 Å². The molecule has 2 N–H and O–H groups in total. The van der Waals surface area contributed by atoms with Gasteiger partial charge >= 0.3 is 0 Å². The molecule has 3 heteroatoms. The van der Waals surface area contributed by atoms with Gasteiger partial charge in [-0.1, -0.05) is 61.0 Å². The number of carbonyl (C=O) groups is 1. The van der Waals surface area contributed by atoms with E-state index < -0.39 is 0 Å². The number of hydrogen-bond acceptors (Lipinski definition) is 2. The Bertz CT molecular complexity index is 682. The van der Waals surface area contributed by atoms with E-state index in [0.29, 0.717) is 16.8 Å². The van der Waals surface area contributed by atoms with Crippen molar-refractivity contribution >= 4 is 27.4 Å². The van der Waals surface area contributed by atoms with Crippen molar-refractivity contribution in [2.24, 2.45) is 0 Å². The largest absolute Gasteiger partial charge is 0.398 e. The van der Waals surface area contributed by atoms with Crippen LogP contribution in [0.1, 0.15) is 47.8 Å². The third-order valence-corrected chi connectivity index (χ3v) is 4.13. The first-order chi connectivity index (χ1) is 9.70. The zero-order valence-corrected chi connectivity index (χ0v) is 14.4. The van der Waals surface area contributed by atoms with Crippen LogP contribution in [0.4, 0.5) is 5.69 Å². The summed E-state index contributed by atoms with van der Waals surface area (Å²) in [5.74, 6) is 0.000888. The van der Waals surface area contributed by atoms with Crippen molar-refractivity contribution in [3.8, 4) is 0 Å². The molecule has 2 aromatic rings. The lowest BCUT2D eigenvalue weighted by Gasteiger charge is -2.19. The van der Waals surface area contributed by atoms with Crippen molar-refractivity contribution in [3.63, 3.8) is 0 Å². The lowest BCUT2D eigenvalue weighted by molar-refractivity contribution is 0.103. The van der Waals surface area contributed by atoms with Gasteiger partial charge in [0, 0.05) is 21.3 Å². The summed E-state index contributed by atoms with van der Waals surface area (Å²) in [5, 5.41) is 0. The van der Waals surface area contributed by atoms with Gasteiger partial charge in [-0.3, -0.25) is 4.79 Å². The topological polar surface area (TPSA) is 43.1 Å².